The molecule has 3 rings (SSSR count). The number of nitrogens with one attached hydrogen (secondary N) is 1. The molecule has 0 bridgehead atoms. The van der Waals surface area contributed by atoms with Crippen LogP contribution in [0.5, 0.6) is 0 Å². The summed E-state index contributed by atoms with van der Waals surface area (Å²) in [7, 11) is 0. The normalized spacial score (nSPS) is 18.9. The molecule has 1 aliphatic carbocycles. The molecule has 2 aromatic carbocycles. The molecule has 1 aliphatic rings. The van der Waals surface area contributed by atoms with Gasteiger partial charge in [-0.2, -0.15) is 0 Å². The van der Waals surface area contributed by atoms with E-state index in [1.807, 2.05) is 0 Å². The van der Waals surface area contributed by atoms with E-state index in [-0.39, 0.29) is 0 Å². The van der Waals surface area contributed by atoms with Gasteiger partial charge in [0.1, 0.15) is 0 Å². The summed E-state index contributed by atoms with van der Waals surface area (Å²) >= 11 is 0. The Hall–Kier alpha value is -1.60. The highest BCUT2D eigenvalue weighted by Gasteiger charge is 2.23. The van der Waals surface area contributed by atoms with Gasteiger partial charge in [-0.25, -0.2) is 0 Å². The maximum absolute atomic E-state index is 3.80. The van der Waals surface area contributed by atoms with Crippen LogP contribution in [0.4, 0.5) is 0 Å². The fraction of sp³-hybridized carbons (Fsp3) is 0.368. The number of hydrogen-bond acceptors (Lipinski definition) is 1. The zero-order valence-electron chi connectivity index (χ0n) is 12.6. The Balaban J connectivity index is 1.76. The Labute approximate surface area is 122 Å². The van der Waals surface area contributed by atoms with Gasteiger partial charge in [0.15, 0.2) is 0 Å². The predicted octanol–water partition coefficient (Wildman–Crippen LogP) is 4.64. The van der Waals surface area contributed by atoms with Crippen LogP contribution >= 0.6 is 0 Å². The lowest BCUT2D eigenvalue weighted by molar-refractivity contribution is 0.465. The third-order valence-electron chi connectivity index (χ3n) is 4.41. The lowest BCUT2D eigenvalue weighted by atomic mass is 10.0. The number of hydrogen-bond donors (Lipinski definition) is 1. The average molecular weight is 265 g/mol. The lowest BCUT2D eigenvalue weighted by Gasteiger charge is -2.21. The summed E-state index contributed by atoms with van der Waals surface area (Å²) in [5.41, 5.74) is 7.08. The first-order chi connectivity index (χ1) is 9.63. The summed E-state index contributed by atoms with van der Waals surface area (Å²) < 4.78 is 0. The van der Waals surface area contributed by atoms with Crippen LogP contribution in [0.15, 0.2) is 42.5 Å². The van der Waals surface area contributed by atoms with E-state index in [0.717, 1.165) is 0 Å². The summed E-state index contributed by atoms with van der Waals surface area (Å²) in [6, 6.07) is 16.6. The number of benzene rings is 2. The van der Waals surface area contributed by atoms with Gasteiger partial charge < -0.3 is 5.32 Å². The van der Waals surface area contributed by atoms with Crippen LogP contribution < -0.4 is 5.32 Å². The first-order valence-corrected chi connectivity index (χ1v) is 7.55. The van der Waals surface area contributed by atoms with Gasteiger partial charge in [-0.05, 0) is 50.3 Å². The van der Waals surface area contributed by atoms with Gasteiger partial charge in [0, 0.05) is 12.1 Å². The molecule has 0 saturated carbocycles. The lowest BCUT2D eigenvalue weighted by Crippen LogP contribution is -2.23. The highest BCUT2D eigenvalue weighted by Crippen LogP contribution is 2.33. The average Bonchev–Trinajstić information content (AvgIpc) is 2.82. The molecule has 2 atom stereocenters. The van der Waals surface area contributed by atoms with E-state index in [1.165, 1.54) is 40.7 Å². The highest BCUT2D eigenvalue weighted by molar-refractivity contribution is 5.38. The second-order valence-corrected chi connectivity index (χ2v) is 6.09. The van der Waals surface area contributed by atoms with Crippen molar-refractivity contribution < 1.29 is 0 Å². The largest absolute Gasteiger partial charge is 0.303 e. The fourth-order valence-electron chi connectivity index (χ4n) is 3.15. The van der Waals surface area contributed by atoms with E-state index in [4.69, 9.17) is 0 Å². The van der Waals surface area contributed by atoms with E-state index >= 15 is 0 Å². The van der Waals surface area contributed by atoms with Crippen molar-refractivity contribution in [1.29, 1.82) is 0 Å². The van der Waals surface area contributed by atoms with Crippen LogP contribution in [-0.2, 0) is 6.42 Å². The van der Waals surface area contributed by atoms with E-state index in [1.54, 1.807) is 0 Å². The quantitative estimate of drug-likeness (QED) is 0.852. The van der Waals surface area contributed by atoms with Gasteiger partial charge in [0.25, 0.3) is 0 Å². The van der Waals surface area contributed by atoms with Crippen molar-refractivity contribution in [1.82, 2.24) is 5.32 Å². The van der Waals surface area contributed by atoms with Gasteiger partial charge in [0.05, 0.1) is 0 Å². The van der Waals surface area contributed by atoms with Crippen LogP contribution in [0.25, 0.3) is 0 Å². The molecular formula is C19H23N. The van der Waals surface area contributed by atoms with E-state index in [0.29, 0.717) is 12.1 Å². The minimum absolute atomic E-state index is 0.395. The number of rotatable bonds is 3. The molecule has 0 aromatic heterocycles. The van der Waals surface area contributed by atoms with Gasteiger partial charge in [-0.15, -0.1) is 0 Å². The summed E-state index contributed by atoms with van der Waals surface area (Å²) in [5, 5.41) is 3.80. The Morgan fingerprint density at radius 2 is 1.70 bits per heavy atom. The monoisotopic (exact) mass is 265 g/mol. The van der Waals surface area contributed by atoms with Gasteiger partial charge in [-0.1, -0.05) is 53.6 Å². The molecule has 20 heavy (non-hydrogen) atoms. The number of aryl methyl sites for hydroxylation is 3. The van der Waals surface area contributed by atoms with Gasteiger partial charge in [-0.3, -0.25) is 0 Å². The molecule has 0 radical (unpaired) electrons. The third-order valence-corrected chi connectivity index (χ3v) is 4.41. The molecule has 0 aliphatic heterocycles. The minimum atomic E-state index is 0.395. The maximum atomic E-state index is 3.80. The molecule has 1 N–H and O–H groups in total. The predicted molar refractivity (Wildman–Crippen MR) is 85.0 cm³/mol. The highest BCUT2D eigenvalue weighted by atomic mass is 14.9. The molecule has 2 aromatic rings. The topological polar surface area (TPSA) is 12.0 Å². The van der Waals surface area contributed by atoms with Crippen LogP contribution in [0.3, 0.4) is 0 Å². The van der Waals surface area contributed by atoms with Gasteiger partial charge >= 0.3 is 0 Å². The summed E-state index contributed by atoms with van der Waals surface area (Å²) in [4.78, 5) is 0. The standard InChI is InChI=1S/C19H23N/c1-13-4-7-16(8-5-13)15(3)20-19-11-10-17-9-6-14(2)12-18(17)19/h4-9,12,15,19-20H,10-11H2,1-3H3/t15-,19?/m1/s1. The zero-order chi connectivity index (χ0) is 14.1. The molecular weight excluding hydrogens is 242 g/mol. The SMILES string of the molecule is Cc1ccc([C@@H](C)NC2CCc3ccc(C)cc32)cc1. The Bertz CT molecular complexity index is 598. The Morgan fingerprint density at radius 1 is 1.00 bits per heavy atom. The molecule has 0 saturated heterocycles. The minimum Gasteiger partial charge on any atom is -0.303 e. The third kappa shape index (κ3) is 2.64. The van der Waals surface area contributed by atoms with Crippen molar-refractivity contribution >= 4 is 0 Å². The van der Waals surface area contributed by atoms with E-state index in [9.17, 15) is 0 Å². The van der Waals surface area contributed by atoms with E-state index < -0.39 is 0 Å². The molecule has 0 amide bonds. The van der Waals surface area contributed by atoms with Crippen LogP contribution in [0, 0.1) is 13.8 Å². The maximum Gasteiger partial charge on any atom is 0.0331 e. The Morgan fingerprint density at radius 3 is 2.45 bits per heavy atom. The fourth-order valence-corrected chi connectivity index (χ4v) is 3.15. The van der Waals surface area contributed by atoms with Crippen LogP contribution in [0.1, 0.15) is 53.2 Å². The van der Waals surface area contributed by atoms with Gasteiger partial charge in [0.2, 0.25) is 0 Å². The first-order valence-electron chi connectivity index (χ1n) is 7.55. The second kappa shape index (κ2) is 5.41. The summed E-state index contributed by atoms with van der Waals surface area (Å²) in [6.45, 7) is 6.58. The summed E-state index contributed by atoms with van der Waals surface area (Å²) in [5.74, 6) is 0. The second-order valence-electron chi connectivity index (χ2n) is 6.09. The molecule has 1 nitrogen and oxygen atoms in total. The Kier molecular flexibility index (Phi) is 3.62. The van der Waals surface area contributed by atoms with Crippen molar-refractivity contribution in [3.8, 4) is 0 Å². The molecule has 1 unspecified atom stereocenters. The van der Waals surface area contributed by atoms with Crippen molar-refractivity contribution in [3.63, 3.8) is 0 Å². The molecule has 104 valence electrons. The van der Waals surface area contributed by atoms with E-state index in [2.05, 4.69) is 68.6 Å². The summed E-state index contributed by atoms with van der Waals surface area (Å²) in [6.07, 6.45) is 2.42. The smallest absolute Gasteiger partial charge is 0.0331 e. The van der Waals surface area contributed by atoms with Crippen molar-refractivity contribution in [3.05, 3.63) is 70.3 Å². The molecule has 0 heterocycles. The van der Waals surface area contributed by atoms with Crippen LogP contribution in [-0.4, -0.2) is 0 Å². The van der Waals surface area contributed by atoms with Crippen molar-refractivity contribution in [2.45, 2.75) is 45.7 Å². The van der Waals surface area contributed by atoms with Crippen LogP contribution in [0.2, 0.25) is 0 Å². The molecule has 0 fully saturated rings. The molecule has 1 heteroatoms. The number of fused-ring (bicyclic) bond motifs is 1. The van der Waals surface area contributed by atoms with Crippen molar-refractivity contribution in [2.24, 2.45) is 0 Å². The molecule has 0 spiro atoms. The zero-order valence-corrected chi connectivity index (χ0v) is 12.6. The first kappa shape index (κ1) is 13.4. The van der Waals surface area contributed by atoms with Crippen molar-refractivity contribution in [2.75, 3.05) is 0 Å².